The molecule has 0 saturated heterocycles. The van der Waals surface area contributed by atoms with Crippen molar-refractivity contribution in [2.45, 2.75) is 18.9 Å². The second-order valence-corrected chi connectivity index (χ2v) is 5.88. The molecule has 2 rings (SSSR count). The van der Waals surface area contributed by atoms with Crippen LogP contribution in [0.4, 0.5) is 5.69 Å². The third kappa shape index (κ3) is 3.34. The van der Waals surface area contributed by atoms with Crippen molar-refractivity contribution >= 4 is 33.5 Å². The SMILES string of the molecule is O=C(O)c1ccc(Cl)cc1NS(=O)(=O)NC1CC1. The van der Waals surface area contributed by atoms with Crippen molar-refractivity contribution in [3.63, 3.8) is 0 Å². The van der Waals surface area contributed by atoms with Crippen LogP contribution in [-0.4, -0.2) is 25.5 Å². The number of nitrogens with one attached hydrogen (secondary N) is 2. The summed E-state index contributed by atoms with van der Waals surface area (Å²) in [4.78, 5) is 11.0. The summed E-state index contributed by atoms with van der Waals surface area (Å²) in [6.45, 7) is 0. The second kappa shape index (κ2) is 4.75. The fourth-order valence-electron chi connectivity index (χ4n) is 1.38. The minimum atomic E-state index is -3.77. The van der Waals surface area contributed by atoms with E-state index in [0.717, 1.165) is 12.8 Å². The van der Waals surface area contributed by atoms with Gasteiger partial charge in [-0.05, 0) is 31.0 Å². The Morgan fingerprint density at radius 3 is 2.61 bits per heavy atom. The number of hydrogen-bond donors (Lipinski definition) is 3. The van der Waals surface area contributed by atoms with Gasteiger partial charge in [-0.3, -0.25) is 4.72 Å². The lowest BCUT2D eigenvalue weighted by Crippen LogP contribution is -2.32. The third-order valence-electron chi connectivity index (χ3n) is 2.36. The first-order valence-corrected chi connectivity index (χ1v) is 7.06. The van der Waals surface area contributed by atoms with Gasteiger partial charge in [0.1, 0.15) is 0 Å². The van der Waals surface area contributed by atoms with Crippen LogP contribution in [0.5, 0.6) is 0 Å². The average Bonchev–Trinajstić information content (AvgIpc) is 2.99. The highest BCUT2D eigenvalue weighted by Gasteiger charge is 2.27. The minimum absolute atomic E-state index is 0.0526. The smallest absolute Gasteiger partial charge is 0.337 e. The lowest BCUT2D eigenvalue weighted by atomic mass is 10.2. The van der Waals surface area contributed by atoms with Crippen molar-refractivity contribution in [3.8, 4) is 0 Å². The van der Waals surface area contributed by atoms with Crippen LogP contribution in [0, 0.1) is 0 Å². The largest absolute Gasteiger partial charge is 0.478 e. The second-order valence-electron chi connectivity index (χ2n) is 3.99. The molecule has 0 heterocycles. The molecule has 0 unspecified atom stereocenters. The fourth-order valence-corrected chi connectivity index (χ4v) is 2.75. The molecule has 1 aromatic carbocycles. The van der Waals surface area contributed by atoms with Gasteiger partial charge >= 0.3 is 5.97 Å². The van der Waals surface area contributed by atoms with Crippen LogP contribution < -0.4 is 9.44 Å². The molecule has 0 bridgehead atoms. The highest BCUT2D eigenvalue weighted by molar-refractivity contribution is 7.90. The molecule has 18 heavy (non-hydrogen) atoms. The maximum atomic E-state index is 11.7. The number of carbonyl (C=O) groups is 1. The van der Waals surface area contributed by atoms with Gasteiger partial charge in [0.15, 0.2) is 0 Å². The summed E-state index contributed by atoms with van der Waals surface area (Å²) in [6, 6.07) is 3.84. The zero-order valence-electron chi connectivity index (χ0n) is 9.18. The van der Waals surface area contributed by atoms with Gasteiger partial charge in [0.25, 0.3) is 10.2 Å². The molecule has 1 fully saturated rings. The maximum absolute atomic E-state index is 11.7. The molecule has 8 heteroatoms. The van der Waals surface area contributed by atoms with E-state index >= 15 is 0 Å². The van der Waals surface area contributed by atoms with Crippen molar-refractivity contribution in [2.24, 2.45) is 0 Å². The van der Waals surface area contributed by atoms with Gasteiger partial charge in [-0.1, -0.05) is 11.6 Å². The van der Waals surface area contributed by atoms with Crippen LogP contribution >= 0.6 is 11.6 Å². The molecule has 1 saturated carbocycles. The Morgan fingerprint density at radius 1 is 1.39 bits per heavy atom. The number of halogens is 1. The van der Waals surface area contributed by atoms with Crippen LogP contribution in [0.3, 0.4) is 0 Å². The summed E-state index contributed by atoms with van der Waals surface area (Å²) in [5.74, 6) is -1.23. The maximum Gasteiger partial charge on any atom is 0.337 e. The van der Waals surface area contributed by atoms with Crippen molar-refractivity contribution in [3.05, 3.63) is 28.8 Å². The Morgan fingerprint density at radius 2 is 2.06 bits per heavy atom. The number of anilines is 1. The van der Waals surface area contributed by atoms with Crippen molar-refractivity contribution < 1.29 is 18.3 Å². The predicted molar refractivity (Wildman–Crippen MR) is 67.1 cm³/mol. The molecule has 0 atom stereocenters. The number of hydrogen-bond acceptors (Lipinski definition) is 3. The van der Waals surface area contributed by atoms with Crippen LogP contribution in [0.15, 0.2) is 18.2 Å². The molecule has 1 aromatic rings. The number of benzene rings is 1. The van der Waals surface area contributed by atoms with E-state index in [0.29, 0.717) is 0 Å². The minimum Gasteiger partial charge on any atom is -0.478 e. The highest BCUT2D eigenvalue weighted by Crippen LogP contribution is 2.24. The van der Waals surface area contributed by atoms with Crippen LogP contribution in [0.2, 0.25) is 5.02 Å². The number of carboxylic acid groups (broad SMARTS) is 1. The van der Waals surface area contributed by atoms with Crippen LogP contribution in [-0.2, 0) is 10.2 Å². The van der Waals surface area contributed by atoms with Gasteiger partial charge in [0.05, 0.1) is 11.3 Å². The van der Waals surface area contributed by atoms with E-state index in [-0.39, 0.29) is 22.3 Å². The summed E-state index contributed by atoms with van der Waals surface area (Å²) < 4.78 is 27.9. The van der Waals surface area contributed by atoms with Gasteiger partial charge in [0, 0.05) is 11.1 Å². The molecule has 3 N–H and O–H groups in total. The molecule has 1 aliphatic rings. The number of carboxylic acids is 1. The zero-order valence-corrected chi connectivity index (χ0v) is 10.8. The standard InChI is InChI=1S/C10H11ClN2O4S/c11-6-1-4-8(10(14)15)9(5-6)13-18(16,17)12-7-2-3-7/h1,4-5,7,12-13H,2-3H2,(H,14,15). The Kier molecular flexibility index (Phi) is 3.47. The van der Waals surface area contributed by atoms with Crippen molar-refractivity contribution in [2.75, 3.05) is 4.72 Å². The van der Waals surface area contributed by atoms with E-state index in [1.807, 2.05) is 0 Å². The molecule has 98 valence electrons. The Balaban J connectivity index is 2.26. The average molecular weight is 291 g/mol. The van der Waals surface area contributed by atoms with Gasteiger partial charge in [-0.25, -0.2) is 4.79 Å². The van der Waals surface area contributed by atoms with Gasteiger partial charge in [0.2, 0.25) is 0 Å². The van der Waals surface area contributed by atoms with E-state index in [1.54, 1.807) is 0 Å². The van der Waals surface area contributed by atoms with Gasteiger partial charge in [-0.15, -0.1) is 0 Å². The van der Waals surface area contributed by atoms with E-state index < -0.39 is 16.2 Å². The fraction of sp³-hybridized carbons (Fsp3) is 0.300. The van der Waals surface area contributed by atoms with Crippen LogP contribution in [0.25, 0.3) is 0 Å². The quantitative estimate of drug-likeness (QED) is 0.765. The Hall–Kier alpha value is -1.31. The van der Waals surface area contributed by atoms with Crippen molar-refractivity contribution in [1.82, 2.24) is 4.72 Å². The summed E-state index contributed by atoms with van der Waals surface area (Å²) in [7, 11) is -3.77. The van der Waals surface area contributed by atoms with E-state index in [9.17, 15) is 13.2 Å². The van der Waals surface area contributed by atoms with E-state index in [4.69, 9.17) is 16.7 Å². The normalized spacial score (nSPS) is 15.4. The molecule has 0 amide bonds. The van der Waals surface area contributed by atoms with Gasteiger partial charge in [-0.2, -0.15) is 13.1 Å². The molecule has 0 aromatic heterocycles. The summed E-state index contributed by atoms with van der Waals surface area (Å²) in [5.41, 5.74) is -0.205. The Bertz CT molecular complexity index is 584. The summed E-state index contributed by atoms with van der Waals surface area (Å²) >= 11 is 5.72. The number of rotatable bonds is 5. The molecular weight excluding hydrogens is 280 g/mol. The first-order valence-electron chi connectivity index (χ1n) is 5.20. The summed E-state index contributed by atoms with van der Waals surface area (Å²) in [5, 5.41) is 9.20. The molecular formula is C10H11ClN2O4S. The first-order chi connectivity index (χ1) is 8.37. The topological polar surface area (TPSA) is 95.5 Å². The number of aromatic carboxylic acids is 1. The zero-order chi connectivity index (χ0) is 13.3. The predicted octanol–water partition coefficient (Wildman–Crippen LogP) is 1.45. The van der Waals surface area contributed by atoms with Gasteiger partial charge < -0.3 is 5.11 Å². The lowest BCUT2D eigenvalue weighted by Gasteiger charge is -2.11. The lowest BCUT2D eigenvalue weighted by molar-refractivity contribution is 0.0698. The van der Waals surface area contributed by atoms with E-state index in [1.165, 1.54) is 18.2 Å². The monoisotopic (exact) mass is 290 g/mol. The van der Waals surface area contributed by atoms with E-state index in [2.05, 4.69) is 9.44 Å². The summed E-state index contributed by atoms with van der Waals surface area (Å²) in [6.07, 6.45) is 1.59. The molecule has 0 radical (unpaired) electrons. The molecule has 0 spiro atoms. The Labute approximate surface area is 109 Å². The molecule has 6 nitrogen and oxygen atoms in total. The van der Waals surface area contributed by atoms with Crippen LogP contribution in [0.1, 0.15) is 23.2 Å². The molecule has 0 aliphatic heterocycles. The molecule has 1 aliphatic carbocycles. The van der Waals surface area contributed by atoms with Crippen molar-refractivity contribution in [1.29, 1.82) is 0 Å². The first kappa shape index (κ1) is 13.1. The third-order valence-corrected chi connectivity index (χ3v) is 3.72. The highest BCUT2D eigenvalue weighted by atomic mass is 35.5.